The zero-order valence-electron chi connectivity index (χ0n) is 13.6. The van der Waals surface area contributed by atoms with Crippen molar-refractivity contribution in [3.63, 3.8) is 0 Å². The molecular formula is C15H18BrN3O4. The van der Waals surface area contributed by atoms with E-state index in [1.165, 1.54) is 21.2 Å². The van der Waals surface area contributed by atoms with Gasteiger partial charge in [-0.15, -0.1) is 0 Å². The quantitative estimate of drug-likeness (QED) is 0.819. The van der Waals surface area contributed by atoms with Crippen molar-refractivity contribution in [2.24, 2.45) is 0 Å². The average molecular weight is 384 g/mol. The van der Waals surface area contributed by atoms with Crippen LogP contribution in [0.2, 0.25) is 0 Å². The summed E-state index contributed by atoms with van der Waals surface area (Å²) in [5, 5.41) is 4.09. The van der Waals surface area contributed by atoms with Gasteiger partial charge in [-0.3, -0.25) is 14.4 Å². The highest BCUT2D eigenvalue weighted by atomic mass is 79.9. The van der Waals surface area contributed by atoms with E-state index in [0.717, 1.165) is 15.2 Å². The number of rotatable bonds is 4. The molecule has 0 spiro atoms. The number of benzene rings is 1. The lowest BCUT2D eigenvalue weighted by molar-refractivity contribution is -0.0772. The molecule has 1 aromatic heterocycles. The van der Waals surface area contributed by atoms with Crippen molar-refractivity contribution in [1.29, 1.82) is 0 Å². The molecule has 2 aromatic rings. The number of carbonyl (C=O) groups is 2. The first-order valence-electron chi connectivity index (χ1n) is 6.79. The summed E-state index contributed by atoms with van der Waals surface area (Å²) in [4.78, 5) is 31.4. The fraction of sp³-hybridized carbons (Fsp3) is 0.333. The standard InChI is InChI=1S/C15H18BrN3O4/c1-17-14(20)12-8-6-9(16)10(18(2)3)7-11(8)23-13(12)15(21)19(4)22-5/h6-7H,1-5H3,(H,17,20). The molecule has 2 rings (SSSR count). The Kier molecular flexibility index (Phi) is 4.96. The lowest BCUT2D eigenvalue weighted by Crippen LogP contribution is -2.28. The Balaban J connectivity index is 2.76. The number of furan rings is 1. The van der Waals surface area contributed by atoms with Crippen LogP contribution >= 0.6 is 15.9 Å². The van der Waals surface area contributed by atoms with Crippen molar-refractivity contribution in [2.45, 2.75) is 0 Å². The summed E-state index contributed by atoms with van der Waals surface area (Å²) >= 11 is 3.48. The summed E-state index contributed by atoms with van der Waals surface area (Å²) in [5.74, 6) is -1.00. The molecule has 0 fully saturated rings. The molecule has 0 atom stereocenters. The summed E-state index contributed by atoms with van der Waals surface area (Å²) < 4.78 is 6.46. The van der Waals surface area contributed by atoms with Crippen LogP contribution in [0, 0.1) is 0 Å². The highest BCUT2D eigenvalue weighted by molar-refractivity contribution is 9.10. The lowest BCUT2D eigenvalue weighted by Gasteiger charge is -2.14. The molecule has 0 saturated heterocycles. The largest absolute Gasteiger partial charge is 0.450 e. The second kappa shape index (κ2) is 6.59. The molecule has 2 amide bonds. The molecule has 23 heavy (non-hydrogen) atoms. The summed E-state index contributed by atoms with van der Waals surface area (Å²) in [7, 11) is 8.09. The number of nitrogens with zero attached hydrogens (tertiary/aromatic N) is 2. The van der Waals surface area contributed by atoms with Gasteiger partial charge in [0.05, 0.1) is 18.4 Å². The molecule has 1 heterocycles. The van der Waals surface area contributed by atoms with Gasteiger partial charge in [-0.1, -0.05) is 0 Å². The third-order valence-corrected chi connectivity index (χ3v) is 4.08. The number of amides is 2. The Labute approximate surface area is 142 Å². The minimum absolute atomic E-state index is 0.0634. The third kappa shape index (κ3) is 3.04. The van der Waals surface area contributed by atoms with Crippen LogP contribution in [0.25, 0.3) is 11.0 Å². The van der Waals surface area contributed by atoms with Crippen LogP contribution in [0.1, 0.15) is 20.9 Å². The van der Waals surface area contributed by atoms with Gasteiger partial charge < -0.3 is 14.6 Å². The Morgan fingerprint density at radius 2 is 1.91 bits per heavy atom. The number of hydroxylamine groups is 2. The molecule has 1 aromatic carbocycles. The maximum Gasteiger partial charge on any atom is 0.313 e. The minimum Gasteiger partial charge on any atom is -0.450 e. The van der Waals surface area contributed by atoms with E-state index in [-0.39, 0.29) is 11.3 Å². The smallest absolute Gasteiger partial charge is 0.313 e. The molecule has 0 radical (unpaired) electrons. The fourth-order valence-electron chi connectivity index (χ4n) is 2.18. The van der Waals surface area contributed by atoms with Gasteiger partial charge in [0.15, 0.2) is 0 Å². The average Bonchev–Trinajstić information content (AvgIpc) is 2.89. The summed E-state index contributed by atoms with van der Waals surface area (Å²) in [6, 6.07) is 3.54. The molecule has 7 nitrogen and oxygen atoms in total. The van der Waals surface area contributed by atoms with Crippen molar-refractivity contribution < 1.29 is 18.8 Å². The maximum atomic E-state index is 12.4. The molecule has 0 aliphatic carbocycles. The molecule has 0 saturated carbocycles. The van der Waals surface area contributed by atoms with Crippen LogP contribution in [-0.4, -0.2) is 52.2 Å². The van der Waals surface area contributed by atoms with Crippen molar-refractivity contribution in [2.75, 3.05) is 40.2 Å². The van der Waals surface area contributed by atoms with Gasteiger partial charge in [0.2, 0.25) is 5.76 Å². The van der Waals surface area contributed by atoms with E-state index >= 15 is 0 Å². The monoisotopic (exact) mass is 383 g/mol. The lowest BCUT2D eigenvalue weighted by atomic mass is 10.1. The summed E-state index contributed by atoms with van der Waals surface area (Å²) in [6.07, 6.45) is 0. The SMILES string of the molecule is CNC(=O)c1c(C(=O)N(C)OC)oc2cc(N(C)C)c(Br)cc12. The van der Waals surface area contributed by atoms with Crippen molar-refractivity contribution >= 4 is 44.4 Å². The zero-order chi connectivity index (χ0) is 17.3. The Morgan fingerprint density at radius 1 is 1.26 bits per heavy atom. The van der Waals surface area contributed by atoms with E-state index in [2.05, 4.69) is 21.2 Å². The molecule has 0 unspecified atom stereocenters. The number of hydrogen-bond acceptors (Lipinski definition) is 5. The third-order valence-electron chi connectivity index (χ3n) is 3.45. The van der Waals surface area contributed by atoms with Gasteiger partial charge >= 0.3 is 5.91 Å². The Bertz CT molecular complexity index is 770. The van der Waals surface area contributed by atoms with Gasteiger partial charge in [0.25, 0.3) is 5.91 Å². The molecule has 0 bridgehead atoms. The van der Waals surface area contributed by atoms with E-state index in [9.17, 15) is 9.59 Å². The van der Waals surface area contributed by atoms with E-state index in [1.807, 2.05) is 19.0 Å². The molecule has 0 aliphatic rings. The van der Waals surface area contributed by atoms with Crippen LogP contribution in [0.15, 0.2) is 21.0 Å². The summed E-state index contributed by atoms with van der Waals surface area (Å²) in [5.41, 5.74) is 1.50. The number of carbonyl (C=O) groups excluding carboxylic acids is 2. The normalized spacial score (nSPS) is 10.7. The second-order valence-corrected chi connectivity index (χ2v) is 5.92. The zero-order valence-corrected chi connectivity index (χ0v) is 15.1. The van der Waals surface area contributed by atoms with Crippen LogP contribution in [0.3, 0.4) is 0 Å². The number of nitrogens with one attached hydrogen (secondary N) is 1. The maximum absolute atomic E-state index is 12.4. The van der Waals surface area contributed by atoms with Crippen LogP contribution in [0.4, 0.5) is 5.69 Å². The van der Waals surface area contributed by atoms with Gasteiger partial charge in [-0.2, -0.15) is 0 Å². The van der Waals surface area contributed by atoms with Crippen LogP contribution < -0.4 is 10.2 Å². The molecule has 1 N–H and O–H groups in total. The molecule has 8 heteroatoms. The minimum atomic E-state index is -0.537. The Morgan fingerprint density at radius 3 is 2.43 bits per heavy atom. The topological polar surface area (TPSA) is 75.0 Å². The van der Waals surface area contributed by atoms with Crippen LogP contribution in [0.5, 0.6) is 0 Å². The predicted octanol–water partition coefficient (Wildman–Crippen LogP) is 2.25. The van der Waals surface area contributed by atoms with Gasteiger partial charge in [0, 0.05) is 44.1 Å². The van der Waals surface area contributed by atoms with Crippen molar-refractivity contribution in [1.82, 2.24) is 10.4 Å². The van der Waals surface area contributed by atoms with Crippen molar-refractivity contribution in [3.8, 4) is 0 Å². The highest BCUT2D eigenvalue weighted by Crippen LogP contribution is 2.35. The van der Waals surface area contributed by atoms with Crippen LogP contribution in [-0.2, 0) is 4.84 Å². The first kappa shape index (κ1) is 17.3. The molecule has 0 aliphatic heterocycles. The summed E-state index contributed by atoms with van der Waals surface area (Å²) in [6.45, 7) is 0. The number of anilines is 1. The van der Waals surface area contributed by atoms with E-state index in [0.29, 0.717) is 11.0 Å². The fourth-order valence-corrected chi connectivity index (χ4v) is 2.87. The van der Waals surface area contributed by atoms with Crippen molar-refractivity contribution in [3.05, 3.63) is 27.9 Å². The number of halogens is 1. The number of fused-ring (bicyclic) bond motifs is 1. The Hall–Kier alpha value is -2.06. The highest BCUT2D eigenvalue weighted by Gasteiger charge is 2.28. The van der Waals surface area contributed by atoms with E-state index in [1.54, 1.807) is 12.1 Å². The number of hydrogen-bond donors (Lipinski definition) is 1. The first-order valence-corrected chi connectivity index (χ1v) is 7.58. The van der Waals surface area contributed by atoms with E-state index < -0.39 is 11.8 Å². The van der Waals surface area contributed by atoms with Gasteiger partial charge in [-0.05, 0) is 22.0 Å². The first-order chi connectivity index (χ1) is 10.8. The van der Waals surface area contributed by atoms with Gasteiger partial charge in [-0.25, -0.2) is 5.06 Å². The van der Waals surface area contributed by atoms with Gasteiger partial charge in [0.1, 0.15) is 5.58 Å². The predicted molar refractivity (Wildman–Crippen MR) is 90.7 cm³/mol. The van der Waals surface area contributed by atoms with E-state index in [4.69, 9.17) is 9.25 Å². The molecular weight excluding hydrogens is 366 g/mol. The molecule has 124 valence electrons. The second-order valence-electron chi connectivity index (χ2n) is 5.06.